The van der Waals surface area contributed by atoms with Crippen LogP contribution in [0.1, 0.15) is 12.5 Å². The molecule has 14 heavy (non-hydrogen) atoms. The normalized spacial score (nSPS) is 12.1. The van der Waals surface area contributed by atoms with Crippen LogP contribution < -0.4 is 0 Å². The number of aliphatic hydroxyl groups excluding tert-OH is 1. The molecule has 1 N–H and O–H groups in total. The molecule has 0 bridgehead atoms. The van der Waals surface area contributed by atoms with Gasteiger partial charge >= 0.3 is 0 Å². The average molecular weight is 272 g/mol. The van der Waals surface area contributed by atoms with Crippen molar-refractivity contribution >= 4 is 27.7 Å². The first-order valence-corrected chi connectivity index (χ1v) is 5.81. The van der Waals surface area contributed by atoms with Crippen LogP contribution in [0.5, 0.6) is 0 Å². The molecule has 1 unspecified atom stereocenters. The second-order valence-electron chi connectivity index (χ2n) is 2.86. The van der Waals surface area contributed by atoms with Crippen molar-refractivity contribution in [3.8, 4) is 6.07 Å². The zero-order valence-electron chi connectivity index (χ0n) is 7.70. The minimum Gasteiger partial charge on any atom is -0.395 e. The molecule has 1 rings (SSSR count). The smallest absolute Gasteiger partial charge is 0.100 e. The Morgan fingerprint density at radius 3 is 2.86 bits per heavy atom. The molecule has 0 aliphatic rings. The topological polar surface area (TPSA) is 44.0 Å². The first-order valence-electron chi connectivity index (χ1n) is 4.14. The molecule has 2 nitrogen and oxygen atoms in total. The van der Waals surface area contributed by atoms with E-state index in [2.05, 4.69) is 22.0 Å². The Bertz CT molecular complexity index is 362. The van der Waals surface area contributed by atoms with Crippen LogP contribution in [-0.2, 0) is 0 Å². The van der Waals surface area contributed by atoms with E-state index in [0.29, 0.717) is 5.56 Å². The molecule has 1 atom stereocenters. The zero-order chi connectivity index (χ0) is 10.6. The van der Waals surface area contributed by atoms with E-state index in [0.717, 1.165) is 9.37 Å². The molecule has 0 amide bonds. The lowest BCUT2D eigenvalue weighted by atomic mass is 10.2. The Morgan fingerprint density at radius 1 is 1.64 bits per heavy atom. The van der Waals surface area contributed by atoms with Crippen molar-refractivity contribution in [1.29, 1.82) is 5.26 Å². The molecule has 0 aliphatic heterocycles. The van der Waals surface area contributed by atoms with Crippen molar-refractivity contribution in [2.45, 2.75) is 17.1 Å². The summed E-state index contributed by atoms with van der Waals surface area (Å²) in [6.07, 6.45) is 0. The molecule has 0 fully saturated rings. The fourth-order valence-electron chi connectivity index (χ4n) is 0.929. The van der Waals surface area contributed by atoms with E-state index in [4.69, 9.17) is 10.4 Å². The minimum absolute atomic E-state index is 0.155. The van der Waals surface area contributed by atoms with Crippen LogP contribution in [0.3, 0.4) is 0 Å². The Balaban J connectivity index is 2.82. The predicted molar refractivity (Wildman–Crippen MR) is 61.3 cm³/mol. The number of thioether (sulfide) groups is 1. The third-order valence-corrected chi connectivity index (χ3v) is 3.39. The second-order valence-corrected chi connectivity index (χ2v) is 5.23. The number of halogens is 1. The molecule has 1 aromatic carbocycles. The number of hydrogen-bond acceptors (Lipinski definition) is 3. The maximum atomic E-state index is 8.88. The quantitative estimate of drug-likeness (QED) is 0.860. The fourth-order valence-corrected chi connectivity index (χ4v) is 2.42. The van der Waals surface area contributed by atoms with Crippen LogP contribution in [0, 0.1) is 11.3 Å². The predicted octanol–water partition coefficient (Wildman–Crippen LogP) is 2.79. The molecule has 74 valence electrons. The number of hydrogen-bond donors (Lipinski definition) is 1. The molecule has 0 saturated heterocycles. The van der Waals surface area contributed by atoms with Crippen molar-refractivity contribution in [3.05, 3.63) is 28.2 Å². The number of nitriles is 1. The van der Waals surface area contributed by atoms with Gasteiger partial charge in [0.2, 0.25) is 0 Å². The van der Waals surface area contributed by atoms with Gasteiger partial charge in [-0.05, 0) is 34.1 Å². The maximum Gasteiger partial charge on any atom is 0.100 e. The van der Waals surface area contributed by atoms with Gasteiger partial charge in [-0.3, -0.25) is 0 Å². The zero-order valence-corrected chi connectivity index (χ0v) is 10.1. The summed E-state index contributed by atoms with van der Waals surface area (Å²) in [5.41, 5.74) is 0.631. The molecular weight excluding hydrogens is 262 g/mol. The minimum atomic E-state index is 0.155. The molecule has 0 spiro atoms. The first-order chi connectivity index (χ1) is 6.67. The molecule has 1 aromatic rings. The summed E-state index contributed by atoms with van der Waals surface area (Å²) in [5.74, 6) is 0. The lowest BCUT2D eigenvalue weighted by molar-refractivity contribution is 0.300. The van der Waals surface area contributed by atoms with Gasteiger partial charge in [-0.1, -0.05) is 6.92 Å². The Hall–Kier alpha value is -0.500. The van der Waals surface area contributed by atoms with Gasteiger partial charge in [0.25, 0.3) is 0 Å². The molecule has 0 radical (unpaired) electrons. The summed E-state index contributed by atoms with van der Waals surface area (Å²) in [6.45, 7) is 2.11. The van der Waals surface area contributed by atoms with E-state index in [1.54, 1.807) is 17.8 Å². The van der Waals surface area contributed by atoms with Crippen molar-refractivity contribution in [3.63, 3.8) is 0 Å². The van der Waals surface area contributed by atoms with E-state index in [-0.39, 0.29) is 11.9 Å². The highest BCUT2D eigenvalue weighted by Gasteiger charge is 2.05. The SMILES string of the molecule is CC(CO)Sc1ccc(C#N)c(Br)c1. The van der Waals surface area contributed by atoms with Gasteiger partial charge in [-0.25, -0.2) is 0 Å². The molecule has 4 heteroatoms. The largest absolute Gasteiger partial charge is 0.395 e. The number of aliphatic hydroxyl groups is 1. The van der Waals surface area contributed by atoms with E-state index in [9.17, 15) is 0 Å². The molecule has 0 heterocycles. The average Bonchev–Trinajstić information content (AvgIpc) is 2.18. The van der Waals surface area contributed by atoms with Crippen LogP contribution in [0.2, 0.25) is 0 Å². The van der Waals surface area contributed by atoms with E-state index < -0.39 is 0 Å². The Morgan fingerprint density at radius 2 is 2.36 bits per heavy atom. The third-order valence-electron chi connectivity index (χ3n) is 1.66. The Kier molecular flexibility index (Phi) is 4.46. The van der Waals surface area contributed by atoms with Crippen LogP contribution >= 0.6 is 27.7 Å². The van der Waals surface area contributed by atoms with Crippen LogP contribution in [-0.4, -0.2) is 17.0 Å². The van der Waals surface area contributed by atoms with Crippen LogP contribution in [0.4, 0.5) is 0 Å². The van der Waals surface area contributed by atoms with Gasteiger partial charge in [-0.15, -0.1) is 11.8 Å². The highest BCUT2D eigenvalue weighted by Crippen LogP contribution is 2.27. The lowest BCUT2D eigenvalue weighted by Gasteiger charge is -2.07. The number of rotatable bonds is 3. The standard InChI is InChI=1S/C10H10BrNOS/c1-7(6-13)14-9-3-2-8(5-12)10(11)4-9/h2-4,7,13H,6H2,1H3. The van der Waals surface area contributed by atoms with Gasteiger partial charge in [-0.2, -0.15) is 5.26 Å². The van der Waals surface area contributed by atoms with Gasteiger partial charge in [0.05, 0.1) is 12.2 Å². The summed E-state index contributed by atoms with van der Waals surface area (Å²) >= 11 is 4.91. The van der Waals surface area contributed by atoms with E-state index >= 15 is 0 Å². The summed E-state index contributed by atoms with van der Waals surface area (Å²) < 4.78 is 0.801. The maximum absolute atomic E-state index is 8.88. The summed E-state index contributed by atoms with van der Waals surface area (Å²) in [4.78, 5) is 1.05. The summed E-state index contributed by atoms with van der Waals surface area (Å²) in [5, 5.41) is 17.8. The fraction of sp³-hybridized carbons (Fsp3) is 0.300. The summed E-state index contributed by atoms with van der Waals surface area (Å²) in [7, 11) is 0. The second kappa shape index (κ2) is 5.40. The number of benzene rings is 1. The van der Waals surface area contributed by atoms with Crippen LogP contribution in [0.15, 0.2) is 27.6 Å². The Labute approximate surface area is 96.1 Å². The molecule has 0 aliphatic carbocycles. The first kappa shape index (κ1) is 11.6. The molecule has 0 aromatic heterocycles. The van der Waals surface area contributed by atoms with Crippen molar-refractivity contribution in [2.75, 3.05) is 6.61 Å². The van der Waals surface area contributed by atoms with Crippen molar-refractivity contribution in [2.24, 2.45) is 0 Å². The molecular formula is C10H10BrNOS. The third kappa shape index (κ3) is 3.02. The monoisotopic (exact) mass is 271 g/mol. The van der Waals surface area contributed by atoms with Gasteiger partial charge in [0.1, 0.15) is 6.07 Å². The van der Waals surface area contributed by atoms with E-state index in [1.165, 1.54) is 0 Å². The van der Waals surface area contributed by atoms with Gasteiger partial charge in [0, 0.05) is 14.6 Å². The van der Waals surface area contributed by atoms with Crippen molar-refractivity contribution < 1.29 is 5.11 Å². The van der Waals surface area contributed by atoms with Gasteiger partial charge in [0.15, 0.2) is 0 Å². The number of nitrogens with zero attached hydrogens (tertiary/aromatic N) is 1. The van der Waals surface area contributed by atoms with E-state index in [1.807, 2.05) is 19.1 Å². The highest BCUT2D eigenvalue weighted by atomic mass is 79.9. The summed E-state index contributed by atoms with van der Waals surface area (Å²) in [6, 6.07) is 7.65. The van der Waals surface area contributed by atoms with Crippen LogP contribution in [0.25, 0.3) is 0 Å². The lowest BCUT2D eigenvalue weighted by Crippen LogP contribution is -2.01. The van der Waals surface area contributed by atoms with Gasteiger partial charge < -0.3 is 5.11 Å². The van der Waals surface area contributed by atoms with Crippen molar-refractivity contribution in [1.82, 2.24) is 0 Å². The molecule has 0 saturated carbocycles. The highest BCUT2D eigenvalue weighted by molar-refractivity contribution is 9.10.